The van der Waals surface area contributed by atoms with Crippen LogP contribution in [0, 0.1) is 5.92 Å². The largest absolute Gasteiger partial charge is 0.379 e. The van der Waals surface area contributed by atoms with Crippen LogP contribution in [-0.2, 0) is 4.74 Å². The quantitative estimate of drug-likeness (QED) is 0.284. The van der Waals surface area contributed by atoms with E-state index >= 15 is 0 Å². The Morgan fingerprint density at radius 1 is 1.06 bits per heavy atom. The lowest BCUT2D eigenvalue weighted by molar-refractivity contribution is 0.0378. The first kappa shape index (κ1) is 22.2. The molecule has 1 N–H and O–H groups in total. The van der Waals surface area contributed by atoms with E-state index in [4.69, 9.17) is 14.7 Å². The van der Waals surface area contributed by atoms with Crippen LogP contribution in [0.4, 0.5) is 5.82 Å². The summed E-state index contributed by atoms with van der Waals surface area (Å²) in [5.74, 6) is 1.64. The first-order valence-electron chi connectivity index (χ1n) is 12.7. The zero-order valence-corrected chi connectivity index (χ0v) is 19.9. The number of imidazole rings is 1. The molecule has 0 spiro atoms. The van der Waals surface area contributed by atoms with Crippen LogP contribution in [0.2, 0.25) is 0 Å². The minimum atomic E-state index is 0.246. The van der Waals surface area contributed by atoms with Crippen molar-refractivity contribution in [3.63, 3.8) is 0 Å². The molecule has 2 aromatic carbocycles. The standard InChI is InChI=1S/C28H31N5O2/c34-26(18-20-6-7-20)22-10-8-21(9-11-22)25-19-30-28-27(29-12-3-13-32-14-16-35-17-15-32)31-23-4-1-2-5-24(23)33(25)28/h1-2,4-5,8-11,19-20H,3,6-7,12-18H2,(H,29,31). The molecule has 180 valence electrons. The molecule has 1 saturated carbocycles. The van der Waals surface area contributed by atoms with Crippen LogP contribution in [0.25, 0.3) is 27.9 Å². The molecule has 0 atom stereocenters. The number of aromatic nitrogens is 3. The van der Waals surface area contributed by atoms with E-state index in [-0.39, 0.29) is 5.78 Å². The maximum Gasteiger partial charge on any atom is 0.181 e. The van der Waals surface area contributed by atoms with Gasteiger partial charge in [-0.1, -0.05) is 36.4 Å². The van der Waals surface area contributed by atoms with Gasteiger partial charge in [0.05, 0.1) is 36.1 Å². The first-order chi connectivity index (χ1) is 17.3. The number of benzene rings is 2. The number of anilines is 1. The minimum Gasteiger partial charge on any atom is -0.379 e. The van der Waals surface area contributed by atoms with E-state index in [0.29, 0.717) is 12.3 Å². The second kappa shape index (κ2) is 9.76. The number of ether oxygens (including phenoxy) is 1. The van der Waals surface area contributed by atoms with Gasteiger partial charge in [0.1, 0.15) is 0 Å². The highest BCUT2D eigenvalue weighted by molar-refractivity contribution is 5.97. The first-order valence-corrected chi connectivity index (χ1v) is 12.7. The lowest BCUT2D eigenvalue weighted by atomic mass is 10.0. The van der Waals surface area contributed by atoms with Crippen LogP contribution in [-0.4, -0.2) is 64.4 Å². The molecule has 35 heavy (non-hydrogen) atoms. The number of fused-ring (bicyclic) bond motifs is 3. The van der Waals surface area contributed by atoms with E-state index < -0.39 is 0 Å². The number of nitrogens with one attached hydrogen (secondary N) is 1. The number of Topliss-reactive ketones (excluding diaryl/α,β-unsaturated/α-hetero) is 1. The number of hydrogen-bond donors (Lipinski definition) is 1. The van der Waals surface area contributed by atoms with Gasteiger partial charge in [0.15, 0.2) is 17.2 Å². The number of nitrogens with zero attached hydrogens (tertiary/aromatic N) is 4. The summed E-state index contributed by atoms with van der Waals surface area (Å²) in [6.45, 7) is 5.55. The number of carbonyl (C=O) groups is 1. The molecule has 1 aliphatic carbocycles. The molecule has 0 bridgehead atoms. The summed E-state index contributed by atoms with van der Waals surface area (Å²) >= 11 is 0. The molecular formula is C28H31N5O2. The number of hydrogen-bond acceptors (Lipinski definition) is 6. The van der Waals surface area contributed by atoms with E-state index in [1.165, 1.54) is 12.8 Å². The van der Waals surface area contributed by atoms with Gasteiger partial charge >= 0.3 is 0 Å². The molecule has 2 aliphatic rings. The van der Waals surface area contributed by atoms with Crippen molar-refractivity contribution in [3.8, 4) is 11.3 Å². The highest BCUT2D eigenvalue weighted by atomic mass is 16.5. The third-order valence-electron chi connectivity index (χ3n) is 7.05. The van der Waals surface area contributed by atoms with Crippen molar-refractivity contribution in [2.24, 2.45) is 5.92 Å². The lowest BCUT2D eigenvalue weighted by Crippen LogP contribution is -2.37. The molecule has 0 radical (unpaired) electrons. The van der Waals surface area contributed by atoms with Gasteiger partial charge in [0, 0.05) is 37.2 Å². The molecule has 2 aromatic heterocycles. The Morgan fingerprint density at radius 3 is 2.66 bits per heavy atom. The maximum absolute atomic E-state index is 12.5. The van der Waals surface area contributed by atoms with E-state index in [0.717, 1.165) is 85.1 Å². The molecular weight excluding hydrogens is 438 g/mol. The normalized spacial score (nSPS) is 16.7. The van der Waals surface area contributed by atoms with Gasteiger partial charge in [0.25, 0.3) is 0 Å². The van der Waals surface area contributed by atoms with Crippen molar-refractivity contribution < 1.29 is 9.53 Å². The number of morpholine rings is 1. The van der Waals surface area contributed by atoms with Crippen LogP contribution in [0.5, 0.6) is 0 Å². The molecule has 3 heterocycles. The Labute approximate surface area is 205 Å². The predicted molar refractivity (Wildman–Crippen MR) is 138 cm³/mol. The van der Waals surface area contributed by atoms with Crippen LogP contribution >= 0.6 is 0 Å². The number of carbonyl (C=O) groups excluding carboxylic acids is 1. The smallest absolute Gasteiger partial charge is 0.181 e. The van der Waals surface area contributed by atoms with Gasteiger partial charge in [-0.15, -0.1) is 0 Å². The van der Waals surface area contributed by atoms with Crippen molar-refractivity contribution in [1.82, 2.24) is 19.3 Å². The van der Waals surface area contributed by atoms with E-state index in [2.05, 4.69) is 20.7 Å². The SMILES string of the molecule is O=C(CC1CC1)c1ccc(-c2cnc3c(NCCCN4CCOCC4)nc4ccccc4n23)cc1. The fourth-order valence-electron chi connectivity index (χ4n) is 4.87. The van der Waals surface area contributed by atoms with Gasteiger partial charge in [-0.3, -0.25) is 14.1 Å². The van der Waals surface area contributed by atoms with Gasteiger partial charge in [0.2, 0.25) is 0 Å². The minimum absolute atomic E-state index is 0.246. The van der Waals surface area contributed by atoms with E-state index in [1.807, 2.05) is 48.7 Å². The Bertz CT molecular complexity index is 1340. The van der Waals surface area contributed by atoms with Crippen molar-refractivity contribution in [2.75, 3.05) is 44.7 Å². The predicted octanol–water partition coefficient (Wildman–Crippen LogP) is 4.67. The third-order valence-corrected chi connectivity index (χ3v) is 7.05. The summed E-state index contributed by atoms with van der Waals surface area (Å²) in [7, 11) is 0. The summed E-state index contributed by atoms with van der Waals surface area (Å²) in [6.07, 6.45) is 5.99. The van der Waals surface area contributed by atoms with E-state index in [1.54, 1.807) is 0 Å². The van der Waals surface area contributed by atoms with Crippen molar-refractivity contribution in [3.05, 3.63) is 60.3 Å². The number of rotatable bonds is 9. The number of ketones is 1. The molecule has 0 unspecified atom stereocenters. The second-order valence-electron chi connectivity index (χ2n) is 9.63. The van der Waals surface area contributed by atoms with Crippen LogP contribution in [0.15, 0.2) is 54.7 Å². The van der Waals surface area contributed by atoms with Gasteiger partial charge < -0.3 is 10.1 Å². The van der Waals surface area contributed by atoms with Gasteiger partial charge in [-0.2, -0.15) is 0 Å². The Morgan fingerprint density at radius 2 is 1.86 bits per heavy atom. The molecule has 7 nitrogen and oxygen atoms in total. The Balaban J connectivity index is 1.26. The summed E-state index contributed by atoms with van der Waals surface area (Å²) in [5, 5.41) is 3.54. The zero-order valence-electron chi connectivity index (χ0n) is 19.9. The Hall–Kier alpha value is -3.29. The van der Waals surface area contributed by atoms with Crippen molar-refractivity contribution in [2.45, 2.75) is 25.7 Å². The average molecular weight is 470 g/mol. The highest BCUT2D eigenvalue weighted by Gasteiger charge is 2.25. The summed E-state index contributed by atoms with van der Waals surface area (Å²) in [4.78, 5) is 24.6. The molecule has 4 aromatic rings. The van der Waals surface area contributed by atoms with E-state index in [9.17, 15) is 4.79 Å². The fourth-order valence-corrected chi connectivity index (χ4v) is 4.87. The molecule has 2 fully saturated rings. The van der Waals surface area contributed by atoms with Crippen LogP contribution in [0.1, 0.15) is 36.0 Å². The topological polar surface area (TPSA) is 71.8 Å². The lowest BCUT2D eigenvalue weighted by Gasteiger charge is -2.26. The molecule has 1 saturated heterocycles. The molecule has 0 amide bonds. The van der Waals surface area contributed by atoms with Crippen molar-refractivity contribution >= 4 is 28.3 Å². The third kappa shape index (κ3) is 4.79. The highest BCUT2D eigenvalue weighted by Crippen LogP contribution is 2.34. The fraction of sp³-hybridized carbons (Fsp3) is 0.393. The maximum atomic E-state index is 12.5. The van der Waals surface area contributed by atoms with Gasteiger partial charge in [-0.05, 0) is 43.9 Å². The summed E-state index contributed by atoms with van der Waals surface area (Å²) in [6, 6.07) is 16.1. The van der Waals surface area contributed by atoms with Crippen LogP contribution in [0.3, 0.4) is 0 Å². The summed E-state index contributed by atoms with van der Waals surface area (Å²) < 4.78 is 7.62. The second-order valence-corrected chi connectivity index (χ2v) is 9.63. The molecule has 1 aliphatic heterocycles. The van der Waals surface area contributed by atoms with Gasteiger partial charge in [-0.25, -0.2) is 9.97 Å². The monoisotopic (exact) mass is 469 g/mol. The Kier molecular flexibility index (Phi) is 6.19. The molecule has 7 heteroatoms. The van der Waals surface area contributed by atoms with Crippen molar-refractivity contribution in [1.29, 1.82) is 0 Å². The summed E-state index contributed by atoms with van der Waals surface area (Å²) in [5.41, 5.74) is 5.59. The average Bonchev–Trinajstić information content (AvgIpc) is 3.60. The number of para-hydroxylation sites is 2. The zero-order chi connectivity index (χ0) is 23.6. The molecule has 6 rings (SSSR count). The van der Waals surface area contributed by atoms with Crippen LogP contribution < -0.4 is 5.32 Å².